The van der Waals surface area contributed by atoms with Gasteiger partial charge in [0, 0.05) is 11.1 Å². The zero-order valence-corrected chi connectivity index (χ0v) is 9.93. The first kappa shape index (κ1) is 11.0. The Morgan fingerprint density at radius 3 is 2.33 bits per heavy atom. The van der Waals surface area contributed by atoms with Crippen LogP contribution in [0.4, 0.5) is 0 Å². The van der Waals surface area contributed by atoms with Gasteiger partial charge in [-0.3, -0.25) is 0 Å². The molecule has 1 aromatic carbocycles. The van der Waals surface area contributed by atoms with E-state index in [-0.39, 0.29) is 0 Å². The van der Waals surface area contributed by atoms with Crippen molar-refractivity contribution in [3.05, 3.63) is 34.9 Å². The summed E-state index contributed by atoms with van der Waals surface area (Å²) in [4.78, 5) is 0. The van der Waals surface area contributed by atoms with E-state index in [1.807, 2.05) is 12.1 Å². The SMILES string of the molecule is CNC(c1ccc(Cl)cc1)C1CCCC1. The second kappa shape index (κ2) is 5.00. The summed E-state index contributed by atoms with van der Waals surface area (Å²) in [6, 6.07) is 8.75. The minimum absolute atomic E-state index is 0.504. The second-order valence-corrected chi connectivity index (χ2v) is 4.80. The summed E-state index contributed by atoms with van der Waals surface area (Å²) in [6.45, 7) is 0. The molecule has 15 heavy (non-hydrogen) atoms. The maximum Gasteiger partial charge on any atom is 0.0406 e. The Morgan fingerprint density at radius 1 is 1.20 bits per heavy atom. The molecule has 1 nitrogen and oxygen atoms in total. The van der Waals surface area contributed by atoms with Crippen LogP contribution in [-0.4, -0.2) is 7.05 Å². The fourth-order valence-corrected chi connectivity index (χ4v) is 2.76. The molecular weight excluding hydrogens is 206 g/mol. The lowest BCUT2D eigenvalue weighted by Crippen LogP contribution is -2.23. The number of rotatable bonds is 3. The Hall–Kier alpha value is -0.530. The van der Waals surface area contributed by atoms with Crippen LogP contribution in [-0.2, 0) is 0 Å². The molecule has 82 valence electrons. The Morgan fingerprint density at radius 2 is 1.80 bits per heavy atom. The highest BCUT2D eigenvalue weighted by atomic mass is 35.5. The number of hydrogen-bond acceptors (Lipinski definition) is 1. The molecule has 1 aliphatic carbocycles. The third-order valence-corrected chi connectivity index (χ3v) is 3.66. The van der Waals surface area contributed by atoms with E-state index in [0.717, 1.165) is 10.9 Å². The van der Waals surface area contributed by atoms with E-state index in [2.05, 4.69) is 24.5 Å². The van der Waals surface area contributed by atoms with E-state index in [4.69, 9.17) is 11.6 Å². The van der Waals surface area contributed by atoms with Crippen LogP contribution < -0.4 is 5.32 Å². The first-order valence-corrected chi connectivity index (χ1v) is 6.12. The van der Waals surface area contributed by atoms with Gasteiger partial charge in [0.2, 0.25) is 0 Å². The molecule has 0 spiro atoms. The van der Waals surface area contributed by atoms with Gasteiger partial charge < -0.3 is 5.32 Å². The van der Waals surface area contributed by atoms with E-state index < -0.39 is 0 Å². The highest BCUT2D eigenvalue weighted by Gasteiger charge is 2.24. The summed E-state index contributed by atoms with van der Waals surface area (Å²) in [7, 11) is 2.05. The van der Waals surface area contributed by atoms with Crippen LogP contribution in [0.2, 0.25) is 5.02 Å². The van der Waals surface area contributed by atoms with Gasteiger partial charge in [0.25, 0.3) is 0 Å². The second-order valence-electron chi connectivity index (χ2n) is 4.36. The van der Waals surface area contributed by atoms with Crippen molar-refractivity contribution in [3.63, 3.8) is 0 Å². The van der Waals surface area contributed by atoms with Crippen LogP contribution in [0.15, 0.2) is 24.3 Å². The standard InChI is InChI=1S/C13H18ClN/c1-15-13(10-4-2-3-5-10)11-6-8-12(14)9-7-11/h6-10,13,15H,2-5H2,1H3. The van der Waals surface area contributed by atoms with Gasteiger partial charge in [0.1, 0.15) is 0 Å². The van der Waals surface area contributed by atoms with Gasteiger partial charge in [-0.25, -0.2) is 0 Å². The molecule has 0 radical (unpaired) electrons. The molecule has 1 fully saturated rings. The van der Waals surface area contributed by atoms with E-state index >= 15 is 0 Å². The molecule has 0 amide bonds. The molecule has 0 aromatic heterocycles. The lowest BCUT2D eigenvalue weighted by atomic mass is 9.92. The molecule has 1 aliphatic rings. The molecule has 2 heteroatoms. The van der Waals surface area contributed by atoms with E-state index in [1.165, 1.54) is 31.2 Å². The molecule has 0 bridgehead atoms. The highest BCUT2D eigenvalue weighted by Crippen LogP contribution is 2.35. The van der Waals surface area contributed by atoms with Gasteiger partial charge in [0.05, 0.1) is 0 Å². The van der Waals surface area contributed by atoms with Gasteiger partial charge in [-0.05, 0) is 43.5 Å². The molecule has 1 saturated carbocycles. The monoisotopic (exact) mass is 223 g/mol. The molecular formula is C13H18ClN. The van der Waals surface area contributed by atoms with Crippen LogP contribution in [0, 0.1) is 5.92 Å². The summed E-state index contributed by atoms with van der Waals surface area (Å²) < 4.78 is 0. The van der Waals surface area contributed by atoms with E-state index in [9.17, 15) is 0 Å². The Balaban J connectivity index is 2.14. The minimum atomic E-state index is 0.504. The van der Waals surface area contributed by atoms with Crippen molar-refractivity contribution in [1.82, 2.24) is 5.32 Å². The van der Waals surface area contributed by atoms with E-state index in [0.29, 0.717) is 6.04 Å². The molecule has 1 unspecified atom stereocenters. The first-order chi connectivity index (χ1) is 7.31. The number of halogens is 1. The summed E-state index contributed by atoms with van der Waals surface area (Å²) in [5, 5.41) is 4.26. The quantitative estimate of drug-likeness (QED) is 0.822. The van der Waals surface area contributed by atoms with Crippen molar-refractivity contribution in [2.45, 2.75) is 31.7 Å². The van der Waals surface area contributed by atoms with Gasteiger partial charge in [0.15, 0.2) is 0 Å². The van der Waals surface area contributed by atoms with Gasteiger partial charge >= 0.3 is 0 Å². The van der Waals surface area contributed by atoms with Crippen molar-refractivity contribution in [3.8, 4) is 0 Å². The van der Waals surface area contributed by atoms with Crippen LogP contribution in [0.1, 0.15) is 37.3 Å². The molecule has 2 rings (SSSR count). The normalized spacial score (nSPS) is 19.3. The minimum Gasteiger partial charge on any atom is -0.313 e. The molecule has 0 heterocycles. The van der Waals surface area contributed by atoms with Gasteiger partial charge in [-0.2, -0.15) is 0 Å². The predicted molar refractivity (Wildman–Crippen MR) is 65.2 cm³/mol. The largest absolute Gasteiger partial charge is 0.313 e. The number of benzene rings is 1. The lowest BCUT2D eigenvalue weighted by molar-refractivity contribution is 0.390. The number of hydrogen-bond donors (Lipinski definition) is 1. The van der Waals surface area contributed by atoms with Crippen molar-refractivity contribution in [2.75, 3.05) is 7.05 Å². The fraction of sp³-hybridized carbons (Fsp3) is 0.538. The van der Waals surface area contributed by atoms with Crippen LogP contribution in [0.25, 0.3) is 0 Å². The van der Waals surface area contributed by atoms with E-state index in [1.54, 1.807) is 0 Å². The maximum absolute atomic E-state index is 5.90. The topological polar surface area (TPSA) is 12.0 Å². The zero-order valence-electron chi connectivity index (χ0n) is 9.17. The van der Waals surface area contributed by atoms with Crippen LogP contribution >= 0.6 is 11.6 Å². The molecule has 1 atom stereocenters. The molecule has 1 N–H and O–H groups in total. The van der Waals surface area contributed by atoms with Crippen LogP contribution in [0.5, 0.6) is 0 Å². The lowest BCUT2D eigenvalue weighted by Gasteiger charge is -2.23. The summed E-state index contributed by atoms with van der Waals surface area (Å²) >= 11 is 5.90. The summed E-state index contributed by atoms with van der Waals surface area (Å²) in [5.41, 5.74) is 1.37. The van der Waals surface area contributed by atoms with Crippen molar-refractivity contribution in [1.29, 1.82) is 0 Å². The Bertz CT molecular complexity index is 301. The summed E-state index contributed by atoms with van der Waals surface area (Å²) in [5.74, 6) is 0.802. The van der Waals surface area contributed by atoms with Crippen molar-refractivity contribution >= 4 is 11.6 Å². The Kier molecular flexibility index (Phi) is 3.66. The average Bonchev–Trinajstić information content (AvgIpc) is 2.75. The smallest absolute Gasteiger partial charge is 0.0406 e. The van der Waals surface area contributed by atoms with Gasteiger partial charge in [-0.15, -0.1) is 0 Å². The van der Waals surface area contributed by atoms with Crippen molar-refractivity contribution < 1.29 is 0 Å². The van der Waals surface area contributed by atoms with Gasteiger partial charge in [-0.1, -0.05) is 36.6 Å². The van der Waals surface area contributed by atoms with Crippen molar-refractivity contribution in [2.24, 2.45) is 5.92 Å². The summed E-state index contributed by atoms with van der Waals surface area (Å²) in [6.07, 6.45) is 5.48. The fourth-order valence-electron chi connectivity index (χ4n) is 2.64. The first-order valence-electron chi connectivity index (χ1n) is 5.74. The Labute approximate surface area is 96.8 Å². The average molecular weight is 224 g/mol. The zero-order chi connectivity index (χ0) is 10.7. The predicted octanol–water partition coefficient (Wildman–Crippen LogP) is 3.79. The molecule has 0 aliphatic heterocycles. The third-order valence-electron chi connectivity index (χ3n) is 3.41. The molecule has 0 saturated heterocycles. The number of nitrogens with one attached hydrogen (secondary N) is 1. The van der Waals surface area contributed by atoms with Crippen LogP contribution in [0.3, 0.4) is 0 Å². The highest BCUT2D eigenvalue weighted by molar-refractivity contribution is 6.30. The maximum atomic E-state index is 5.90. The molecule has 1 aromatic rings. The third kappa shape index (κ3) is 2.53.